The number of pyridine rings is 1. The molecule has 0 amide bonds. The zero-order chi connectivity index (χ0) is 24.0. The number of ether oxygens (including phenoxy) is 1. The quantitative estimate of drug-likeness (QED) is 0.254. The standard InChI is InChI=1S/C23H24Cl2FN2O4P/c1-3-31-33(29,32-4-2)17-7-5-15(6-8-17)16-13-21(23(27)28-14-16)30-12-11-18-19(24)9-10-20(26)22(18)25/h5-10,13-14H,3-4,11-12H2,1-2H3,(H2,27,28). The molecule has 176 valence electrons. The van der Waals surface area contributed by atoms with Crippen LogP contribution in [0.4, 0.5) is 10.2 Å². The Bertz CT molecular complexity index is 1150. The minimum atomic E-state index is -3.36. The van der Waals surface area contributed by atoms with Gasteiger partial charge in [0.05, 0.1) is 30.1 Å². The number of aromatic nitrogens is 1. The summed E-state index contributed by atoms with van der Waals surface area (Å²) >= 11 is 12.1. The van der Waals surface area contributed by atoms with Crippen molar-refractivity contribution >= 4 is 41.9 Å². The number of nitrogens with zero attached hydrogens (tertiary/aromatic N) is 1. The Labute approximate surface area is 202 Å². The maximum atomic E-state index is 13.7. The van der Waals surface area contributed by atoms with Gasteiger partial charge in [-0.25, -0.2) is 9.37 Å². The molecule has 0 unspecified atom stereocenters. The fourth-order valence-corrected chi connectivity index (χ4v) is 5.28. The molecule has 1 heterocycles. The minimum Gasteiger partial charge on any atom is -0.489 e. The molecule has 1 aromatic heterocycles. The summed E-state index contributed by atoms with van der Waals surface area (Å²) in [6.45, 7) is 4.24. The molecule has 0 aliphatic rings. The lowest BCUT2D eigenvalue weighted by Crippen LogP contribution is -2.10. The van der Waals surface area contributed by atoms with E-state index >= 15 is 0 Å². The summed E-state index contributed by atoms with van der Waals surface area (Å²) < 4.78 is 43.2. The van der Waals surface area contributed by atoms with Crippen molar-refractivity contribution in [2.24, 2.45) is 0 Å². The van der Waals surface area contributed by atoms with E-state index in [1.165, 1.54) is 12.1 Å². The third kappa shape index (κ3) is 6.05. The van der Waals surface area contributed by atoms with Gasteiger partial charge in [-0.15, -0.1) is 0 Å². The zero-order valence-corrected chi connectivity index (χ0v) is 20.6. The normalized spacial score (nSPS) is 11.5. The van der Waals surface area contributed by atoms with E-state index in [9.17, 15) is 8.96 Å². The summed E-state index contributed by atoms with van der Waals surface area (Å²) in [5.74, 6) is 0.0411. The number of nitrogen functional groups attached to an aromatic ring is 1. The van der Waals surface area contributed by atoms with Gasteiger partial charge in [0.25, 0.3) is 0 Å². The predicted octanol–water partition coefficient (Wildman–Crippen LogP) is 6.29. The highest BCUT2D eigenvalue weighted by Crippen LogP contribution is 2.47. The molecule has 2 N–H and O–H groups in total. The topological polar surface area (TPSA) is 83.7 Å². The minimum absolute atomic E-state index is 0.0255. The average Bonchev–Trinajstić information content (AvgIpc) is 2.80. The smallest absolute Gasteiger partial charge is 0.361 e. The van der Waals surface area contributed by atoms with Gasteiger partial charge < -0.3 is 19.5 Å². The molecule has 0 radical (unpaired) electrons. The van der Waals surface area contributed by atoms with E-state index in [4.69, 9.17) is 42.7 Å². The van der Waals surface area contributed by atoms with Crippen molar-refractivity contribution in [3.05, 3.63) is 70.1 Å². The Hall–Kier alpha value is -2.15. The van der Waals surface area contributed by atoms with Crippen LogP contribution < -0.4 is 15.8 Å². The van der Waals surface area contributed by atoms with Gasteiger partial charge in [0.15, 0.2) is 11.6 Å². The van der Waals surface area contributed by atoms with E-state index < -0.39 is 13.4 Å². The Morgan fingerprint density at radius 1 is 1.03 bits per heavy atom. The zero-order valence-electron chi connectivity index (χ0n) is 18.2. The third-order valence-electron chi connectivity index (χ3n) is 4.75. The van der Waals surface area contributed by atoms with Crippen molar-refractivity contribution in [2.45, 2.75) is 20.3 Å². The second kappa shape index (κ2) is 11.3. The highest BCUT2D eigenvalue weighted by atomic mass is 35.5. The molecule has 0 fully saturated rings. The lowest BCUT2D eigenvalue weighted by atomic mass is 10.1. The van der Waals surface area contributed by atoms with Crippen LogP contribution in [0, 0.1) is 5.82 Å². The number of halogens is 3. The van der Waals surface area contributed by atoms with Crippen LogP contribution in [0.15, 0.2) is 48.7 Å². The first-order valence-electron chi connectivity index (χ1n) is 10.3. The first-order chi connectivity index (χ1) is 15.8. The van der Waals surface area contributed by atoms with E-state index in [0.717, 1.165) is 11.1 Å². The maximum absolute atomic E-state index is 13.7. The van der Waals surface area contributed by atoms with E-state index in [2.05, 4.69) is 4.98 Å². The van der Waals surface area contributed by atoms with E-state index in [1.54, 1.807) is 50.4 Å². The molecule has 0 aliphatic carbocycles. The Balaban J connectivity index is 1.76. The molecule has 6 nitrogen and oxygen atoms in total. The van der Waals surface area contributed by atoms with Crippen LogP contribution in [0.2, 0.25) is 10.0 Å². The van der Waals surface area contributed by atoms with Crippen molar-refractivity contribution < 1.29 is 22.7 Å². The Kier molecular flexibility index (Phi) is 8.74. The van der Waals surface area contributed by atoms with Crippen LogP contribution in [-0.2, 0) is 20.0 Å². The van der Waals surface area contributed by atoms with Crippen molar-refractivity contribution in [3.8, 4) is 16.9 Å². The SMILES string of the molecule is CCOP(=O)(OCC)c1ccc(-c2cnc(N)c(OCCc3c(Cl)ccc(F)c3Cl)c2)cc1. The summed E-state index contributed by atoms with van der Waals surface area (Å²) in [7, 11) is -3.36. The highest BCUT2D eigenvalue weighted by molar-refractivity contribution is 7.62. The summed E-state index contributed by atoms with van der Waals surface area (Å²) in [5.41, 5.74) is 7.98. The molecule has 10 heteroatoms. The molecule has 0 saturated heterocycles. The number of rotatable bonds is 10. The maximum Gasteiger partial charge on any atom is 0.361 e. The molecule has 0 saturated carbocycles. The van der Waals surface area contributed by atoms with Gasteiger partial charge in [0, 0.05) is 23.2 Å². The molecule has 3 rings (SSSR count). The van der Waals surface area contributed by atoms with Gasteiger partial charge in [0.1, 0.15) is 5.82 Å². The van der Waals surface area contributed by atoms with Crippen LogP contribution in [0.25, 0.3) is 11.1 Å². The Morgan fingerprint density at radius 2 is 1.70 bits per heavy atom. The Morgan fingerprint density at radius 3 is 2.33 bits per heavy atom. The molecular weight excluding hydrogens is 489 g/mol. The van der Waals surface area contributed by atoms with E-state index in [-0.39, 0.29) is 37.1 Å². The van der Waals surface area contributed by atoms with Crippen molar-refractivity contribution in [3.63, 3.8) is 0 Å². The number of anilines is 1. The van der Waals surface area contributed by atoms with Crippen LogP contribution >= 0.6 is 30.8 Å². The summed E-state index contributed by atoms with van der Waals surface area (Å²) in [6.07, 6.45) is 1.90. The first kappa shape index (κ1) is 25.5. The van der Waals surface area contributed by atoms with Crippen LogP contribution in [-0.4, -0.2) is 24.8 Å². The van der Waals surface area contributed by atoms with Crippen LogP contribution in [0.5, 0.6) is 5.75 Å². The first-order valence-corrected chi connectivity index (χ1v) is 12.6. The van der Waals surface area contributed by atoms with Gasteiger partial charge in [-0.1, -0.05) is 35.3 Å². The van der Waals surface area contributed by atoms with Crippen molar-refractivity contribution in [2.75, 3.05) is 25.6 Å². The molecule has 0 bridgehead atoms. The number of hydrogen-bond donors (Lipinski definition) is 1. The van der Waals surface area contributed by atoms with E-state index in [1.807, 2.05) is 0 Å². The van der Waals surface area contributed by atoms with Gasteiger partial charge in [-0.2, -0.15) is 0 Å². The second-order valence-electron chi connectivity index (χ2n) is 6.91. The fourth-order valence-electron chi connectivity index (χ4n) is 3.15. The summed E-state index contributed by atoms with van der Waals surface area (Å²) in [6, 6.07) is 11.4. The van der Waals surface area contributed by atoms with E-state index in [0.29, 0.717) is 21.6 Å². The largest absolute Gasteiger partial charge is 0.489 e. The molecule has 0 aliphatic heterocycles. The molecule has 0 spiro atoms. The predicted molar refractivity (Wildman–Crippen MR) is 130 cm³/mol. The van der Waals surface area contributed by atoms with Crippen LogP contribution in [0.1, 0.15) is 19.4 Å². The lowest BCUT2D eigenvalue weighted by molar-refractivity contribution is 0.230. The summed E-state index contributed by atoms with van der Waals surface area (Å²) in [4.78, 5) is 4.20. The fraction of sp³-hybridized carbons (Fsp3) is 0.261. The monoisotopic (exact) mass is 512 g/mol. The van der Waals surface area contributed by atoms with Crippen LogP contribution in [0.3, 0.4) is 0 Å². The molecule has 3 aromatic rings. The van der Waals surface area contributed by atoms with Gasteiger partial charge in [-0.3, -0.25) is 4.57 Å². The second-order valence-corrected chi connectivity index (χ2v) is 9.72. The number of nitrogens with two attached hydrogens (primary N) is 1. The average molecular weight is 513 g/mol. The van der Waals surface area contributed by atoms with Gasteiger partial charge in [0.2, 0.25) is 0 Å². The van der Waals surface area contributed by atoms with Gasteiger partial charge >= 0.3 is 7.60 Å². The third-order valence-corrected chi connectivity index (χ3v) is 7.63. The summed E-state index contributed by atoms with van der Waals surface area (Å²) in [5, 5.41) is 0.808. The molecule has 0 atom stereocenters. The lowest BCUT2D eigenvalue weighted by Gasteiger charge is -2.17. The number of benzene rings is 2. The van der Waals surface area contributed by atoms with Gasteiger partial charge in [-0.05, 0) is 55.3 Å². The molecule has 33 heavy (non-hydrogen) atoms. The highest BCUT2D eigenvalue weighted by Gasteiger charge is 2.26. The van der Waals surface area contributed by atoms with Crippen molar-refractivity contribution in [1.82, 2.24) is 4.98 Å². The molecular formula is C23H24Cl2FN2O4P. The number of hydrogen-bond acceptors (Lipinski definition) is 6. The molecule has 2 aromatic carbocycles. The van der Waals surface area contributed by atoms with Crippen molar-refractivity contribution in [1.29, 1.82) is 0 Å².